The molecule has 2 aromatic rings. The lowest BCUT2D eigenvalue weighted by atomic mass is 10.1. The molecule has 2 amide bonds. The molecule has 0 saturated carbocycles. The van der Waals surface area contributed by atoms with Gasteiger partial charge < -0.3 is 20.3 Å². The smallest absolute Gasteiger partial charge is 0.390 e. The maximum absolute atomic E-state index is 14.9. The van der Waals surface area contributed by atoms with E-state index in [4.69, 9.17) is 16.3 Å². The maximum Gasteiger partial charge on any atom is 0.390 e. The number of cyclic esters (lactones) is 1. The summed E-state index contributed by atoms with van der Waals surface area (Å²) in [4.78, 5) is 39.9. The van der Waals surface area contributed by atoms with E-state index in [9.17, 15) is 36.3 Å². The Kier molecular flexibility index (Phi) is 9.37. The van der Waals surface area contributed by atoms with Crippen LogP contribution in [0.5, 0.6) is 0 Å². The molecular weight excluding hydrogens is 575 g/mol. The monoisotopic (exact) mass is 602 g/mol. The number of amides is 2. The predicted molar refractivity (Wildman–Crippen MR) is 141 cm³/mol. The first-order valence-electron chi connectivity index (χ1n) is 12.9. The van der Waals surface area contributed by atoms with Gasteiger partial charge in [-0.1, -0.05) is 17.7 Å². The lowest BCUT2D eigenvalue weighted by Crippen LogP contribution is -2.52. The fourth-order valence-electron chi connectivity index (χ4n) is 4.79. The van der Waals surface area contributed by atoms with E-state index in [0.29, 0.717) is 30.3 Å². The highest BCUT2D eigenvalue weighted by Gasteiger charge is 2.32. The molecule has 8 nitrogen and oxygen atoms in total. The van der Waals surface area contributed by atoms with Gasteiger partial charge in [-0.15, -0.1) is 0 Å². The first-order chi connectivity index (χ1) is 19.3. The second-order valence-corrected chi connectivity index (χ2v) is 10.4. The first-order valence-corrected chi connectivity index (χ1v) is 13.3. The summed E-state index contributed by atoms with van der Waals surface area (Å²) in [5.74, 6) is -4.82. The number of hydrogen-bond donors (Lipinski definition) is 2. The van der Waals surface area contributed by atoms with Crippen molar-refractivity contribution in [3.8, 4) is 0 Å². The number of anilines is 2. The lowest BCUT2D eigenvalue weighted by Gasteiger charge is -2.41. The molecule has 2 N–H and O–H groups in total. The van der Waals surface area contributed by atoms with Gasteiger partial charge in [0.15, 0.2) is 17.7 Å². The Bertz CT molecular complexity index is 1330. The van der Waals surface area contributed by atoms with Crippen molar-refractivity contribution >= 4 is 40.8 Å². The van der Waals surface area contributed by atoms with Gasteiger partial charge in [-0.3, -0.25) is 19.3 Å². The van der Waals surface area contributed by atoms with Crippen LogP contribution in [0.4, 0.5) is 33.3 Å². The molecule has 2 fully saturated rings. The highest BCUT2D eigenvalue weighted by molar-refractivity contribution is 6.31. The number of nitrogens with one attached hydrogen (secondary N) is 2. The van der Waals surface area contributed by atoms with Crippen LogP contribution in [0.3, 0.4) is 0 Å². The average Bonchev–Trinajstić information content (AvgIpc) is 3.35. The van der Waals surface area contributed by atoms with Gasteiger partial charge in [0.2, 0.25) is 0 Å². The molecule has 2 aliphatic rings. The zero-order valence-electron chi connectivity index (χ0n) is 22.0. The standard InChI is InChI=1S/C27H28ClF5N4O4/c1-15-14-37(11-10-36(15)9-8-27(31,32)33)20-12-17(28)3-5-19(20)35-25(39)18-4-2-16(23(29)24(18)30)13-34-26(40)21-6-7-22(38)41-21/h2-5,12,15,21H,6-11,13-14H2,1H3,(H,34,40)(H,35,39)/t15-,21-/m1/s1. The van der Waals surface area contributed by atoms with Crippen LogP contribution in [0.15, 0.2) is 30.3 Å². The Morgan fingerprint density at radius 3 is 2.54 bits per heavy atom. The van der Waals surface area contributed by atoms with Crippen molar-refractivity contribution in [2.75, 3.05) is 36.4 Å². The van der Waals surface area contributed by atoms with E-state index in [2.05, 4.69) is 10.6 Å². The number of benzene rings is 2. The second kappa shape index (κ2) is 12.6. The van der Waals surface area contributed by atoms with Crippen molar-refractivity contribution in [2.45, 2.75) is 51.1 Å². The molecule has 0 aromatic heterocycles. The van der Waals surface area contributed by atoms with Gasteiger partial charge in [0, 0.05) is 62.2 Å². The number of alkyl halides is 3. The van der Waals surface area contributed by atoms with Crippen LogP contribution in [0.25, 0.3) is 0 Å². The fourth-order valence-corrected chi connectivity index (χ4v) is 4.95. The minimum atomic E-state index is -4.26. The van der Waals surface area contributed by atoms with E-state index in [1.807, 2.05) is 4.90 Å². The quantitative estimate of drug-likeness (QED) is 0.338. The molecule has 0 bridgehead atoms. The molecule has 2 heterocycles. The summed E-state index contributed by atoms with van der Waals surface area (Å²) in [5.41, 5.74) is -0.0339. The lowest BCUT2D eigenvalue weighted by molar-refractivity contribution is -0.148. The van der Waals surface area contributed by atoms with E-state index in [-0.39, 0.29) is 43.2 Å². The Hall–Kier alpha value is -3.45. The molecular formula is C27H28ClF5N4O4. The normalized spacial score (nSPS) is 19.7. The molecule has 0 aliphatic carbocycles. The summed E-state index contributed by atoms with van der Waals surface area (Å²) in [6.45, 7) is 2.34. The van der Waals surface area contributed by atoms with Gasteiger partial charge in [0.05, 0.1) is 23.4 Å². The Morgan fingerprint density at radius 2 is 1.88 bits per heavy atom. The van der Waals surface area contributed by atoms with Gasteiger partial charge >= 0.3 is 12.1 Å². The number of ether oxygens (including phenoxy) is 1. The Balaban J connectivity index is 1.43. The van der Waals surface area contributed by atoms with Gasteiger partial charge in [0.25, 0.3) is 11.8 Å². The molecule has 4 rings (SSSR count). The van der Waals surface area contributed by atoms with Crippen LogP contribution in [-0.2, 0) is 20.9 Å². The van der Waals surface area contributed by atoms with Crippen molar-refractivity contribution < 1.29 is 41.1 Å². The number of piperazine rings is 1. The minimum absolute atomic E-state index is 0.0947. The zero-order valence-corrected chi connectivity index (χ0v) is 22.7. The first kappa shape index (κ1) is 30.5. The van der Waals surface area contributed by atoms with Crippen molar-refractivity contribution in [3.05, 3.63) is 58.1 Å². The van der Waals surface area contributed by atoms with Crippen molar-refractivity contribution in [1.29, 1.82) is 0 Å². The van der Waals surface area contributed by atoms with Crippen LogP contribution in [0.1, 0.15) is 42.1 Å². The third-order valence-electron chi connectivity index (χ3n) is 7.03. The van der Waals surface area contributed by atoms with Crippen LogP contribution in [-0.4, -0.2) is 67.2 Å². The van der Waals surface area contributed by atoms with Crippen LogP contribution in [0, 0.1) is 11.6 Å². The number of esters is 1. The van der Waals surface area contributed by atoms with Crippen LogP contribution < -0.4 is 15.5 Å². The molecule has 2 aromatic carbocycles. The van der Waals surface area contributed by atoms with Gasteiger partial charge in [-0.2, -0.15) is 13.2 Å². The topological polar surface area (TPSA) is 91.0 Å². The van der Waals surface area contributed by atoms with Crippen LogP contribution in [0.2, 0.25) is 5.02 Å². The Morgan fingerprint density at radius 1 is 1.12 bits per heavy atom. The molecule has 222 valence electrons. The second-order valence-electron chi connectivity index (χ2n) is 9.95. The number of halogens is 6. The highest BCUT2D eigenvalue weighted by Crippen LogP contribution is 2.32. The fraction of sp³-hybridized carbons (Fsp3) is 0.444. The third kappa shape index (κ3) is 7.64. The molecule has 2 aliphatic heterocycles. The summed E-state index contributed by atoms with van der Waals surface area (Å²) in [7, 11) is 0. The van der Waals surface area contributed by atoms with Gasteiger partial charge in [-0.05, 0) is 31.2 Å². The van der Waals surface area contributed by atoms with Crippen molar-refractivity contribution in [3.63, 3.8) is 0 Å². The summed E-state index contributed by atoms with van der Waals surface area (Å²) in [6.07, 6.45) is -5.87. The predicted octanol–water partition coefficient (Wildman–Crippen LogP) is 4.66. The van der Waals surface area contributed by atoms with E-state index in [1.165, 1.54) is 18.2 Å². The molecule has 0 radical (unpaired) electrons. The summed E-state index contributed by atoms with van der Waals surface area (Å²) in [5, 5.41) is 5.31. The molecule has 0 unspecified atom stereocenters. The van der Waals surface area contributed by atoms with Crippen molar-refractivity contribution in [1.82, 2.24) is 10.2 Å². The molecule has 41 heavy (non-hydrogen) atoms. The summed E-state index contributed by atoms with van der Waals surface area (Å²) in [6, 6.07) is 6.62. The van der Waals surface area contributed by atoms with Gasteiger partial charge in [0.1, 0.15) is 0 Å². The summed E-state index contributed by atoms with van der Waals surface area (Å²) < 4.78 is 72.6. The van der Waals surface area contributed by atoms with E-state index in [1.54, 1.807) is 17.9 Å². The SMILES string of the molecule is C[C@@H]1CN(c2cc(Cl)ccc2NC(=O)c2ccc(CNC(=O)[C@H]3CCC(=O)O3)c(F)c2F)CCN1CCC(F)(F)F. The number of carbonyl (C=O) groups excluding carboxylic acids is 3. The third-order valence-corrected chi connectivity index (χ3v) is 7.27. The minimum Gasteiger partial charge on any atom is -0.452 e. The maximum atomic E-state index is 14.9. The van der Waals surface area contributed by atoms with Crippen molar-refractivity contribution in [2.24, 2.45) is 0 Å². The number of rotatable bonds is 8. The molecule has 14 heteroatoms. The van der Waals surface area contributed by atoms with E-state index >= 15 is 0 Å². The van der Waals surface area contributed by atoms with Gasteiger partial charge in [-0.25, -0.2) is 8.78 Å². The largest absolute Gasteiger partial charge is 0.452 e. The number of carbonyl (C=O) groups is 3. The van der Waals surface area contributed by atoms with E-state index < -0.39 is 53.7 Å². The molecule has 2 atom stereocenters. The van der Waals surface area contributed by atoms with E-state index in [0.717, 1.165) is 6.07 Å². The highest BCUT2D eigenvalue weighted by atomic mass is 35.5. The average molecular weight is 603 g/mol. The zero-order chi connectivity index (χ0) is 29.9. The number of hydrogen-bond acceptors (Lipinski definition) is 6. The van der Waals surface area contributed by atoms with Crippen LogP contribution >= 0.6 is 11.6 Å². The Labute approximate surface area is 237 Å². The molecule has 2 saturated heterocycles. The number of nitrogens with zero attached hydrogens (tertiary/aromatic N) is 2. The molecule has 0 spiro atoms. The summed E-state index contributed by atoms with van der Waals surface area (Å²) >= 11 is 6.18.